The van der Waals surface area contributed by atoms with Crippen molar-refractivity contribution in [2.24, 2.45) is 0 Å². The molecule has 0 aliphatic carbocycles. The second-order valence-corrected chi connectivity index (χ2v) is 22.9. The Hall–Kier alpha value is -5.02. The zero-order valence-electron chi connectivity index (χ0n) is 38.4. The van der Waals surface area contributed by atoms with Crippen LogP contribution in [-0.4, -0.2) is 15.9 Å². The first-order valence-corrected chi connectivity index (χ1v) is 21.9. The summed E-state index contributed by atoms with van der Waals surface area (Å²) in [7, 11) is 0. The fourth-order valence-corrected chi connectivity index (χ4v) is 9.55. The van der Waals surface area contributed by atoms with Crippen LogP contribution in [0, 0.1) is 0 Å². The molecular formula is C56H63BN2. The summed E-state index contributed by atoms with van der Waals surface area (Å²) < 4.78 is 5.29. The zero-order chi connectivity index (χ0) is 42.4. The molecule has 0 saturated heterocycles. The van der Waals surface area contributed by atoms with Crippen molar-refractivity contribution in [2.45, 2.75) is 131 Å². The quantitative estimate of drug-likeness (QED) is 0.155. The van der Waals surface area contributed by atoms with Gasteiger partial charge in [-0.25, -0.2) is 0 Å². The Balaban J connectivity index is 1.45. The first kappa shape index (κ1) is 39.4. The summed E-state index contributed by atoms with van der Waals surface area (Å²) >= 11 is 0. The van der Waals surface area contributed by atoms with Crippen LogP contribution in [-0.2, 0) is 27.1 Å². The minimum Gasteiger partial charge on any atom is -0.376 e. The number of nitrogens with zero attached hydrogens (tertiary/aromatic N) is 2. The molecule has 8 aromatic rings. The molecule has 0 spiro atoms. The molecule has 59 heavy (non-hydrogen) atoms. The fourth-order valence-electron chi connectivity index (χ4n) is 9.55. The van der Waals surface area contributed by atoms with Crippen LogP contribution < -0.4 is 10.9 Å². The summed E-state index contributed by atoms with van der Waals surface area (Å²) in [5, 5.41) is 5.31. The normalized spacial score (nSPS) is 14.0. The van der Waals surface area contributed by atoms with Gasteiger partial charge in [0.1, 0.15) is 0 Å². The van der Waals surface area contributed by atoms with Crippen LogP contribution in [0.25, 0.3) is 60.4 Å². The van der Waals surface area contributed by atoms with Crippen molar-refractivity contribution in [3.8, 4) is 16.8 Å². The molecule has 0 N–H and O–H groups in total. The van der Waals surface area contributed by atoms with Crippen molar-refractivity contribution in [3.63, 3.8) is 0 Å². The van der Waals surface area contributed by atoms with Gasteiger partial charge >= 0.3 is 6.85 Å². The van der Waals surface area contributed by atoms with Gasteiger partial charge in [0, 0.05) is 38.3 Å². The van der Waals surface area contributed by atoms with Crippen molar-refractivity contribution in [1.29, 1.82) is 0 Å². The van der Waals surface area contributed by atoms with Gasteiger partial charge in [-0.1, -0.05) is 171 Å². The standard InChI is InChI=1S/C56H63BN2/c1-52(2,3)36-21-24-47-43(31-36)44-32-40(56(13,14)15)33-46-51(44)58(47)50-23-20-34(35-26-38(54(7,8)9)29-39(27-35)55(10,11)12)28-45(50)57(46)59-48-19-17-16-18-41(48)42-30-37(53(4,5)6)22-25-49(42)59/h16-33H,1-15H3. The van der Waals surface area contributed by atoms with E-state index in [1.807, 2.05) is 0 Å². The number of fused-ring (bicyclic) bond motifs is 8. The smallest absolute Gasteiger partial charge is 0.332 e. The largest absolute Gasteiger partial charge is 0.376 e. The number of aromatic nitrogens is 2. The van der Waals surface area contributed by atoms with Gasteiger partial charge in [0.15, 0.2) is 0 Å². The maximum absolute atomic E-state index is 2.69. The summed E-state index contributed by atoms with van der Waals surface area (Å²) in [4.78, 5) is 0. The van der Waals surface area contributed by atoms with Gasteiger partial charge in [0.05, 0.1) is 11.0 Å². The molecule has 0 saturated carbocycles. The van der Waals surface area contributed by atoms with E-state index < -0.39 is 0 Å². The molecule has 3 heterocycles. The Labute approximate surface area is 353 Å². The number of hydrogen-bond donors (Lipinski definition) is 0. The van der Waals surface area contributed by atoms with E-state index in [1.165, 1.54) is 99.2 Å². The summed E-state index contributed by atoms with van der Waals surface area (Å²) in [5.74, 6) is 0. The summed E-state index contributed by atoms with van der Waals surface area (Å²) in [5.41, 5.74) is 18.6. The van der Waals surface area contributed by atoms with Gasteiger partial charge in [-0.15, -0.1) is 0 Å². The van der Waals surface area contributed by atoms with Crippen molar-refractivity contribution in [1.82, 2.24) is 9.05 Å². The Bertz CT molecular complexity index is 2970. The molecule has 0 unspecified atom stereocenters. The van der Waals surface area contributed by atoms with Crippen LogP contribution >= 0.6 is 0 Å². The third kappa shape index (κ3) is 6.38. The van der Waals surface area contributed by atoms with E-state index in [2.05, 4.69) is 222 Å². The van der Waals surface area contributed by atoms with Crippen LogP contribution in [0.5, 0.6) is 0 Å². The minimum absolute atomic E-state index is 0.0193. The van der Waals surface area contributed by atoms with E-state index in [0.29, 0.717) is 0 Å². The molecule has 300 valence electrons. The molecule has 9 rings (SSSR count). The molecular weight excluding hydrogens is 711 g/mol. The molecule has 0 radical (unpaired) electrons. The van der Waals surface area contributed by atoms with E-state index >= 15 is 0 Å². The predicted octanol–water partition coefficient (Wildman–Crippen LogP) is 14.0. The van der Waals surface area contributed by atoms with Gasteiger partial charge in [-0.2, -0.15) is 0 Å². The van der Waals surface area contributed by atoms with Gasteiger partial charge < -0.3 is 9.05 Å². The van der Waals surface area contributed by atoms with Gasteiger partial charge in [0.2, 0.25) is 0 Å². The lowest BCUT2D eigenvalue weighted by Gasteiger charge is -2.31. The highest BCUT2D eigenvalue weighted by Crippen LogP contribution is 2.42. The molecule has 2 nitrogen and oxygen atoms in total. The van der Waals surface area contributed by atoms with E-state index in [0.717, 1.165) is 0 Å². The first-order valence-electron chi connectivity index (χ1n) is 21.9. The Morgan fingerprint density at radius 3 is 1.42 bits per heavy atom. The average Bonchev–Trinajstić information content (AvgIpc) is 3.65. The zero-order valence-corrected chi connectivity index (χ0v) is 38.4. The van der Waals surface area contributed by atoms with Crippen LogP contribution in [0.15, 0.2) is 109 Å². The highest BCUT2D eigenvalue weighted by Gasteiger charge is 2.38. The maximum Gasteiger partial charge on any atom is 0.332 e. The molecule has 1 aliphatic heterocycles. The van der Waals surface area contributed by atoms with E-state index in [-0.39, 0.29) is 33.9 Å². The van der Waals surface area contributed by atoms with E-state index in [4.69, 9.17) is 0 Å². The lowest BCUT2D eigenvalue weighted by Crippen LogP contribution is -2.53. The molecule has 6 aromatic carbocycles. The molecule has 0 amide bonds. The molecule has 2 aromatic heterocycles. The monoisotopic (exact) mass is 775 g/mol. The Kier molecular flexibility index (Phi) is 8.52. The first-order chi connectivity index (χ1) is 27.4. The lowest BCUT2D eigenvalue weighted by molar-refractivity contribution is 0.569. The van der Waals surface area contributed by atoms with Crippen molar-refractivity contribution < 1.29 is 0 Å². The molecule has 0 fully saturated rings. The second-order valence-electron chi connectivity index (χ2n) is 22.9. The molecule has 1 aliphatic rings. The highest BCUT2D eigenvalue weighted by molar-refractivity contribution is 6.88. The topological polar surface area (TPSA) is 9.86 Å². The number of hydrogen-bond acceptors (Lipinski definition) is 0. The number of para-hydroxylation sites is 1. The highest BCUT2D eigenvalue weighted by atomic mass is 15.0. The SMILES string of the molecule is CC(C)(C)c1cc(-c2ccc3c(c2)B(n2c4ccccc4c4cc(C(C)(C)C)ccc42)c2cc(C(C)(C)C)cc4c5cc(C(C)(C)C)ccc5n-3c24)cc(C(C)(C)C)c1. The van der Waals surface area contributed by atoms with E-state index in [1.54, 1.807) is 0 Å². The van der Waals surface area contributed by atoms with Crippen LogP contribution in [0.4, 0.5) is 0 Å². The Morgan fingerprint density at radius 2 is 0.847 bits per heavy atom. The second kappa shape index (κ2) is 12.7. The number of rotatable bonds is 2. The molecule has 0 atom stereocenters. The maximum atomic E-state index is 2.69. The molecule has 3 heteroatoms. The van der Waals surface area contributed by atoms with Crippen LogP contribution in [0.3, 0.4) is 0 Å². The third-order valence-electron chi connectivity index (χ3n) is 13.3. The van der Waals surface area contributed by atoms with Gasteiger partial charge in [0.25, 0.3) is 0 Å². The van der Waals surface area contributed by atoms with Crippen LogP contribution in [0.2, 0.25) is 0 Å². The molecule has 0 bridgehead atoms. The Morgan fingerprint density at radius 1 is 0.356 bits per heavy atom. The van der Waals surface area contributed by atoms with Crippen molar-refractivity contribution in [3.05, 3.63) is 137 Å². The predicted molar refractivity (Wildman–Crippen MR) is 260 cm³/mol. The van der Waals surface area contributed by atoms with Crippen LogP contribution in [0.1, 0.15) is 132 Å². The summed E-state index contributed by atoms with van der Waals surface area (Å²) in [6.07, 6.45) is 0. The van der Waals surface area contributed by atoms with Gasteiger partial charge in [-0.05, 0) is 119 Å². The van der Waals surface area contributed by atoms with Crippen molar-refractivity contribution in [2.75, 3.05) is 0 Å². The average molecular weight is 775 g/mol. The summed E-state index contributed by atoms with van der Waals surface area (Å²) in [6.45, 7) is 35.0. The summed E-state index contributed by atoms with van der Waals surface area (Å²) in [6, 6.07) is 43.4. The van der Waals surface area contributed by atoms with E-state index in [9.17, 15) is 0 Å². The number of benzene rings is 6. The fraction of sp³-hybridized carbons (Fsp3) is 0.357. The lowest BCUT2D eigenvalue weighted by atomic mass is 9.47. The third-order valence-corrected chi connectivity index (χ3v) is 13.3. The van der Waals surface area contributed by atoms with Crippen molar-refractivity contribution >= 4 is 61.4 Å². The van der Waals surface area contributed by atoms with Gasteiger partial charge in [-0.3, -0.25) is 0 Å². The minimum atomic E-state index is -0.0654.